The van der Waals surface area contributed by atoms with Crippen molar-refractivity contribution < 1.29 is 28.6 Å². The van der Waals surface area contributed by atoms with Gasteiger partial charge in [-0.3, -0.25) is 0 Å². The summed E-state index contributed by atoms with van der Waals surface area (Å²) in [4.78, 5) is 18.2. The van der Waals surface area contributed by atoms with Gasteiger partial charge in [-0.05, 0) is 24.3 Å². The third kappa shape index (κ3) is 4.74. The highest BCUT2D eigenvalue weighted by atomic mass is 16.4. The van der Waals surface area contributed by atoms with Gasteiger partial charge in [0.1, 0.15) is 11.2 Å². The first-order chi connectivity index (χ1) is 11.6. The molecular formula is C18H14O6. The van der Waals surface area contributed by atoms with Gasteiger partial charge in [-0.2, -0.15) is 0 Å². The van der Waals surface area contributed by atoms with Crippen molar-refractivity contribution >= 4 is 33.9 Å². The second-order valence-electron chi connectivity index (χ2n) is 4.53. The van der Waals surface area contributed by atoms with E-state index in [2.05, 4.69) is 0 Å². The fourth-order valence-electron chi connectivity index (χ4n) is 1.81. The topological polar surface area (TPSA) is 101 Å². The molecule has 0 aliphatic heterocycles. The number of para-hydroxylation sites is 2. The highest BCUT2D eigenvalue weighted by Gasteiger charge is 2.04. The molecule has 0 fully saturated rings. The van der Waals surface area contributed by atoms with E-state index < -0.39 is 11.9 Å². The van der Waals surface area contributed by atoms with Crippen LogP contribution in [0.2, 0.25) is 0 Å². The lowest BCUT2D eigenvalue weighted by molar-refractivity contribution is -0.159. The predicted molar refractivity (Wildman–Crippen MR) is 87.7 cm³/mol. The lowest BCUT2D eigenvalue weighted by atomic mass is 10.3. The van der Waals surface area contributed by atoms with E-state index in [-0.39, 0.29) is 0 Å². The third-order valence-corrected chi connectivity index (χ3v) is 2.91. The molecule has 0 bridgehead atoms. The van der Waals surface area contributed by atoms with Crippen LogP contribution in [0, 0.1) is 0 Å². The van der Waals surface area contributed by atoms with Crippen molar-refractivity contribution in [3.05, 3.63) is 73.2 Å². The van der Waals surface area contributed by atoms with E-state index in [9.17, 15) is 0 Å². The number of aliphatic carboxylic acids is 2. The van der Waals surface area contributed by atoms with Gasteiger partial charge in [-0.1, -0.05) is 36.4 Å². The Kier molecular flexibility index (Phi) is 5.74. The maximum absolute atomic E-state index is 9.10. The fourth-order valence-corrected chi connectivity index (χ4v) is 1.81. The molecule has 0 unspecified atom stereocenters. The molecule has 0 spiro atoms. The van der Waals surface area contributed by atoms with E-state index in [0.29, 0.717) is 0 Å². The average molecular weight is 326 g/mol. The number of carbonyl (C=O) groups is 2. The Hall–Kier alpha value is -3.54. The van der Waals surface area contributed by atoms with E-state index in [1.807, 2.05) is 60.7 Å². The van der Waals surface area contributed by atoms with E-state index in [1.165, 1.54) is 0 Å². The lowest BCUT2D eigenvalue weighted by Crippen LogP contribution is -2.09. The van der Waals surface area contributed by atoms with Crippen molar-refractivity contribution in [2.45, 2.75) is 0 Å². The molecule has 2 heterocycles. The van der Waals surface area contributed by atoms with Crippen molar-refractivity contribution in [1.29, 1.82) is 0 Å². The smallest absolute Gasteiger partial charge is 0.414 e. The second kappa shape index (κ2) is 8.19. The highest BCUT2D eigenvalue weighted by Crippen LogP contribution is 2.13. The monoisotopic (exact) mass is 326 g/mol. The Morgan fingerprint density at radius 3 is 1.33 bits per heavy atom. The molecule has 2 aromatic carbocycles. The van der Waals surface area contributed by atoms with Crippen LogP contribution in [0.25, 0.3) is 21.9 Å². The van der Waals surface area contributed by atoms with Crippen molar-refractivity contribution in [2.75, 3.05) is 0 Å². The number of carboxylic acids is 2. The minimum Gasteiger partial charge on any atom is -0.473 e. The molecule has 0 aliphatic carbocycles. The molecule has 6 heteroatoms. The Balaban J connectivity index is 0.000000134. The molecule has 0 saturated carbocycles. The van der Waals surface area contributed by atoms with Crippen LogP contribution in [0.15, 0.2) is 82.0 Å². The Morgan fingerprint density at radius 2 is 1.00 bits per heavy atom. The van der Waals surface area contributed by atoms with E-state index in [4.69, 9.17) is 28.6 Å². The van der Waals surface area contributed by atoms with Crippen LogP contribution in [0.4, 0.5) is 0 Å². The lowest BCUT2D eigenvalue weighted by Gasteiger charge is -1.81. The Bertz CT molecular complexity index is 796. The standard InChI is InChI=1S/2C8H6O.C2H2O4/c2*1-2-4-8-7(3-1)5-6-9-8;3-1(4)2(5)6/h2*1-6H;(H,3,4)(H,5,6). The summed E-state index contributed by atoms with van der Waals surface area (Å²) in [5, 5.41) is 17.1. The van der Waals surface area contributed by atoms with Crippen LogP contribution >= 0.6 is 0 Å². The van der Waals surface area contributed by atoms with Crippen molar-refractivity contribution in [3.63, 3.8) is 0 Å². The molecule has 24 heavy (non-hydrogen) atoms. The van der Waals surface area contributed by atoms with Gasteiger partial charge >= 0.3 is 11.9 Å². The fraction of sp³-hybridized carbons (Fsp3) is 0. The van der Waals surface area contributed by atoms with E-state index in [1.54, 1.807) is 12.5 Å². The Labute approximate surface area is 136 Å². The quantitative estimate of drug-likeness (QED) is 0.473. The molecule has 2 aromatic heterocycles. The average Bonchev–Trinajstić information content (AvgIpc) is 3.24. The molecule has 0 aliphatic rings. The van der Waals surface area contributed by atoms with Crippen LogP contribution in [-0.4, -0.2) is 22.2 Å². The molecule has 0 amide bonds. The largest absolute Gasteiger partial charge is 0.473 e. The number of benzene rings is 2. The van der Waals surface area contributed by atoms with Crippen molar-refractivity contribution in [1.82, 2.24) is 0 Å². The van der Waals surface area contributed by atoms with Gasteiger partial charge in [0.05, 0.1) is 12.5 Å². The summed E-state index contributed by atoms with van der Waals surface area (Å²) < 4.78 is 10.2. The third-order valence-electron chi connectivity index (χ3n) is 2.91. The summed E-state index contributed by atoms with van der Waals surface area (Å²) in [5.41, 5.74) is 1.91. The summed E-state index contributed by atoms with van der Waals surface area (Å²) in [7, 11) is 0. The van der Waals surface area contributed by atoms with E-state index in [0.717, 1.165) is 21.9 Å². The van der Waals surface area contributed by atoms with E-state index >= 15 is 0 Å². The number of rotatable bonds is 0. The minimum atomic E-state index is -1.82. The van der Waals surface area contributed by atoms with Gasteiger partial charge in [-0.15, -0.1) is 0 Å². The van der Waals surface area contributed by atoms with Crippen LogP contribution in [-0.2, 0) is 9.59 Å². The number of hydrogen-bond acceptors (Lipinski definition) is 4. The summed E-state index contributed by atoms with van der Waals surface area (Å²) in [6.45, 7) is 0. The molecular weight excluding hydrogens is 312 g/mol. The molecule has 6 nitrogen and oxygen atoms in total. The van der Waals surface area contributed by atoms with Gasteiger partial charge in [0.15, 0.2) is 0 Å². The predicted octanol–water partition coefficient (Wildman–Crippen LogP) is 4.02. The SMILES string of the molecule is O=C(O)C(=O)O.c1ccc2occc2c1.c1ccc2occc2c1. The molecule has 0 atom stereocenters. The number of fused-ring (bicyclic) bond motifs is 2. The summed E-state index contributed by atoms with van der Waals surface area (Å²) in [6.07, 6.45) is 3.40. The summed E-state index contributed by atoms with van der Waals surface area (Å²) >= 11 is 0. The van der Waals surface area contributed by atoms with Gasteiger partial charge in [0.2, 0.25) is 0 Å². The van der Waals surface area contributed by atoms with Gasteiger partial charge in [0.25, 0.3) is 0 Å². The summed E-state index contributed by atoms with van der Waals surface area (Å²) in [5.74, 6) is -3.65. The number of hydrogen-bond donors (Lipinski definition) is 2. The molecule has 4 rings (SSSR count). The van der Waals surface area contributed by atoms with Crippen LogP contribution in [0.5, 0.6) is 0 Å². The zero-order valence-electron chi connectivity index (χ0n) is 12.5. The van der Waals surface area contributed by atoms with Crippen molar-refractivity contribution in [2.24, 2.45) is 0 Å². The molecule has 2 N–H and O–H groups in total. The van der Waals surface area contributed by atoms with Crippen LogP contribution in [0.3, 0.4) is 0 Å². The zero-order valence-corrected chi connectivity index (χ0v) is 12.5. The second-order valence-corrected chi connectivity index (χ2v) is 4.53. The first kappa shape index (κ1) is 16.8. The number of carboxylic acid groups (broad SMARTS) is 2. The molecule has 4 aromatic rings. The molecule has 122 valence electrons. The summed E-state index contributed by atoms with van der Waals surface area (Å²) in [6, 6.07) is 19.8. The van der Waals surface area contributed by atoms with Crippen molar-refractivity contribution in [3.8, 4) is 0 Å². The molecule has 0 radical (unpaired) electrons. The first-order valence-corrected chi connectivity index (χ1v) is 6.88. The first-order valence-electron chi connectivity index (χ1n) is 6.88. The van der Waals surface area contributed by atoms with Crippen LogP contribution < -0.4 is 0 Å². The zero-order chi connectivity index (χ0) is 17.4. The number of furan rings is 2. The minimum absolute atomic E-state index is 0.956. The Morgan fingerprint density at radius 1 is 0.625 bits per heavy atom. The van der Waals surface area contributed by atoms with Gasteiger partial charge in [-0.25, -0.2) is 9.59 Å². The highest BCUT2D eigenvalue weighted by molar-refractivity contribution is 6.27. The molecule has 0 saturated heterocycles. The normalized spacial score (nSPS) is 9.50. The maximum atomic E-state index is 9.10. The maximum Gasteiger partial charge on any atom is 0.414 e. The van der Waals surface area contributed by atoms with Crippen LogP contribution in [0.1, 0.15) is 0 Å². The van der Waals surface area contributed by atoms with Gasteiger partial charge < -0.3 is 19.0 Å². The van der Waals surface area contributed by atoms with Gasteiger partial charge in [0, 0.05) is 10.8 Å².